The number of carbonyl (C=O) groups is 1. The van der Waals surface area contributed by atoms with Gasteiger partial charge in [-0.15, -0.1) is 0 Å². The lowest BCUT2D eigenvalue weighted by Crippen LogP contribution is -2.43. The molecule has 0 saturated heterocycles. The number of halogens is 3. The van der Waals surface area contributed by atoms with Crippen LogP contribution in [0.4, 0.5) is 13.2 Å². The minimum Gasteiger partial charge on any atom is -0.346 e. The molecule has 1 aliphatic carbocycles. The van der Waals surface area contributed by atoms with Gasteiger partial charge in [0.1, 0.15) is 6.54 Å². The van der Waals surface area contributed by atoms with Gasteiger partial charge in [-0.1, -0.05) is 6.42 Å². The second-order valence-electron chi connectivity index (χ2n) is 4.08. The number of hydrogen-bond acceptors (Lipinski definition) is 3. The molecule has 0 aliphatic heterocycles. The summed E-state index contributed by atoms with van der Waals surface area (Å²) in [7, 11) is 0. The van der Waals surface area contributed by atoms with Gasteiger partial charge in [0.25, 0.3) is 0 Å². The smallest absolute Gasteiger partial charge is 0.346 e. The molecule has 100 valence electrons. The maximum atomic E-state index is 11.8. The van der Waals surface area contributed by atoms with Crippen LogP contribution in [0, 0.1) is 0 Å². The lowest BCUT2D eigenvalue weighted by molar-refractivity contribution is -0.137. The minimum absolute atomic E-state index is 0.0438. The molecule has 1 rings (SSSR count). The molecule has 0 aromatic carbocycles. The fourth-order valence-electron chi connectivity index (χ4n) is 1.93. The first kappa shape index (κ1) is 14.6. The predicted octanol–water partition coefficient (Wildman–Crippen LogP) is 1.54. The Balaban J connectivity index is 2.19. The van der Waals surface area contributed by atoms with Crippen LogP contribution in [-0.2, 0) is 4.79 Å². The highest BCUT2D eigenvalue weighted by Crippen LogP contribution is 2.28. The normalized spacial score (nSPS) is 24.9. The van der Waals surface area contributed by atoms with E-state index in [4.69, 9.17) is 0 Å². The zero-order valence-electron chi connectivity index (χ0n) is 9.64. The molecule has 1 aliphatic rings. The van der Waals surface area contributed by atoms with Crippen LogP contribution in [0.1, 0.15) is 19.3 Å². The van der Waals surface area contributed by atoms with Gasteiger partial charge in [-0.25, -0.2) is 0 Å². The van der Waals surface area contributed by atoms with E-state index in [1.54, 1.807) is 11.8 Å². The van der Waals surface area contributed by atoms with Gasteiger partial charge in [0.2, 0.25) is 5.91 Å². The van der Waals surface area contributed by atoms with Crippen molar-refractivity contribution in [2.75, 3.05) is 19.3 Å². The van der Waals surface area contributed by atoms with Crippen LogP contribution in [-0.4, -0.2) is 42.7 Å². The summed E-state index contributed by atoms with van der Waals surface area (Å²) in [6.45, 7) is -1.30. The zero-order chi connectivity index (χ0) is 12.9. The first-order valence-electron chi connectivity index (χ1n) is 5.52. The summed E-state index contributed by atoms with van der Waals surface area (Å²) < 4.78 is 35.5. The Bertz CT molecular complexity index is 260. The van der Waals surface area contributed by atoms with E-state index in [0.29, 0.717) is 5.25 Å². The number of amides is 1. The van der Waals surface area contributed by atoms with Crippen LogP contribution in [0.15, 0.2) is 0 Å². The Morgan fingerprint density at radius 2 is 2.12 bits per heavy atom. The van der Waals surface area contributed by atoms with Crippen molar-refractivity contribution >= 4 is 17.7 Å². The molecular weight excluding hydrogens is 253 g/mol. The lowest BCUT2D eigenvalue weighted by Gasteiger charge is -2.19. The van der Waals surface area contributed by atoms with Crippen LogP contribution < -0.4 is 10.6 Å². The van der Waals surface area contributed by atoms with Gasteiger partial charge in [0, 0.05) is 11.3 Å². The molecule has 2 N–H and O–H groups in total. The third kappa shape index (κ3) is 5.63. The average Bonchev–Trinajstić information content (AvgIpc) is 2.69. The largest absolute Gasteiger partial charge is 0.405 e. The average molecular weight is 270 g/mol. The van der Waals surface area contributed by atoms with Crippen LogP contribution in [0.5, 0.6) is 0 Å². The van der Waals surface area contributed by atoms with Gasteiger partial charge >= 0.3 is 6.18 Å². The van der Waals surface area contributed by atoms with E-state index in [1.165, 1.54) is 0 Å². The molecule has 1 saturated carbocycles. The van der Waals surface area contributed by atoms with E-state index in [-0.39, 0.29) is 12.6 Å². The fraction of sp³-hybridized carbons (Fsp3) is 0.900. The summed E-state index contributed by atoms with van der Waals surface area (Å²) in [5, 5.41) is 5.33. The van der Waals surface area contributed by atoms with Crippen molar-refractivity contribution in [3.05, 3.63) is 0 Å². The van der Waals surface area contributed by atoms with Crippen molar-refractivity contribution < 1.29 is 18.0 Å². The van der Waals surface area contributed by atoms with Crippen molar-refractivity contribution in [2.45, 2.75) is 36.7 Å². The molecule has 1 amide bonds. The Labute approximate surface area is 103 Å². The molecule has 2 unspecified atom stereocenters. The maximum Gasteiger partial charge on any atom is 0.405 e. The van der Waals surface area contributed by atoms with Crippen molar-refractivity contribution in [1.82, 2.24) is 10.6 Å². The van der Waals surface area contributed by atoms with Crippen molar-refractivity contribution in [1.29, 1.82) is 0 Å². The Hall–Kier alpha value is -0.430. The topological polar surface area (TPSA) is 41.1 Å². The molecule has 1 fully saturated rings. The molecule has 17 heavy (non-hydrogen) atoms. The molecule has 0 radical (unpaired) electrons. The molecule has 0 aromatic rings. The Morgan fingerprint density at radius 1 is 1.41 bits per heavy atom. The highest BCUT2D eigenvalue weighted by Gasteiger charge is 2.29. The molecule has 2 atom stereocenters. The van der Waals surface area contributed by atoms with Crippen LogP contribution >= 0.6 is 11.8 Å². The first-order chi connectivity index (χ1) is 7.92. The number of alkyl halides is 3. The van der Waals surface area contributed by atoms with Crippen LogP contribution in [0.2, 0.25) is 0 Å². The summed E-state index contributed by atoms with van der Waals surface area (Å²) >= 11 is 1.74. The number of hydrogen-bond donors (Lipinski definition) is 2. The second kappa shape index (κ2) is 6.49. The number of thioether (sulfide) groups is 1. The number of carbonyl (C=O) groups excluding carboxylic acids is 1. The third-order valence-electron chi connectivity index (χ3n) is 2.77. The fourth-order valence-corrected chi connectivity index (χ4v) is 2.89. The molecule has 0 aromatic heterocycles. The summed E-state index contributed by atoms with van der Waals surface area (Å²) in [6.07, 6.45) is 0.855. The van der Waals surface area contributed by atoms with E-state index in [1.807, 2.05) is 11.6 Å². The van der Waals surface area contributed by atoms with Gasteiger partial charge in [-0.05, 0) is 19.1 Å². The quantitative estimate of drug-likeness (QED) is 0.796. The van der Waals surface area contributed by atoms with Gasteiger partial charge in [0.15, 0.2) is 0 Å². The van der Waals surface area contributed by atoms with E-state index >= 15 is 0 Å². The van der Waals surface area contributed by atoms with Gasteiger partial charge in [-0.2, -0.15) is 24.9 Å². The SMILES string of the molecule is CSC1CCCC1NCC(=O)NCC(F)(F)F. The number of rotatable bonds is 5. The Kier molecular flexibility index (Phi) is 5.58. The van der Waals surface area contributed by atoms with Crippen LogP contribution in [0.3, 0.4) is 0 Å². The predicted molar refractivity (Wildman–Crippen MR) is 62.0 cm³/mol. The van der Waals surface area contributed by atoms with Crippen LogP contribution in [0.25, 0.3) is 0 Å². The first-order valence-corrected chi connectivity index (χ1v) is 6.81. The van der Waals surface area contributed by atoms with Gasteiger partial charge in [-0.3, -0.25) is 4.79 Å². The molecule has 0 bridgehead atoms. The van der Waals surface area contributed by atoms with E-state index in [2.05, 4.69) is 5.32 Å². The highest BCUT2D eigenvalue weighted by atomic mass is 32.2. The maximum absolute atomic E-state index is 11.8. The monoisotopic (exact) mass is 270 g/mol. The van der Waals surface area contributed by atoms with Crippen molar-refractivity contribution in [2.24, 2.45) is 0 Å². The second-order valence-corrected chi connectivity index (χ2v) is 5.16. The zero-order valence-corrected chi connectivity index (χ0v) is 10.5. The number of nitrogens with one attached hydrogen (secondary N) is 2. The summed E-state index contributed by atoms with van der Waals surface area (Å²) in [6, 6.07) is 0.238. The highest BCUT2D eigenvalue weighted by molar-refractivity contribution is 7.99. The van der Waals surface area contributed by atoms with Gasteiger partial charge < -0.3 is 10.6 Å². The lowest BCUT2D eigenvalue weighted by atomic mass is 10.2. The van der Waals surface area contributed by atoms with E-state index < -0.39 is 18.6 Å². The molecule has 0 heterocycles. The third-order valence-corrected chi connectivity index (χ3v) is 3.94. The molecule has 7 heteroatoms. The minimum atomic E-state index is -4.34. The van der Waals surface area contributed by atoms with Crippen molar-refractivity contribution in [3.63, 3.8) is 0 Å². The van der Waals surface area contributed by atoms with Crippen molar-refractivity contribution in [3.8, 4) is 0 Å². The summed E-state index contributed by atoms with van der Waals surface area (Å²) in [4.78, 5) is 11.2. The van der Waals surface area contributed by atoms with E-state index in [9.17, 15) is 18.0 Å². The molecule has 0 spiro atoms. The molecular formula is C10H17F3N2OS. The standard InChI is InChI=1S/C10H17F3N2OS/c1-17-8-4-2-3-7(8)14-5-9(16)15-6-10(11,12)13/h7-8,14H,2-6H2,1H3,(H,15,16). The van der Waals surface area contributed by atoms with Gasteiger partial charge in [0.05, 0.1) is 6.54 Å². The molecule has 3 nitrogen and oxygen atoms in total. The van der Waals surface area contributed by atoms with E-state index in [0.717, 1.165) is 19.3 Å². The summed E-state index contributed by atoms with van der Waals surface area (Å²) in [5.74, 6) is -0.603. The Morgan fingerprint density at radius 3 is 2.71 bits per heavy atom. The summed E-state index contributed by atoms with van der Waals surface area (Å²) in [5.41, 5.74) is 0.